The summed E-state index contributed by atoms with van der Waals surface area (Å²) in [6.45, 7) is 7.93. The van der Waals surface area contributed by atoms with Gasteiger partial charge in [-0.05, 0) is 56.0 Å². The first-order chi connectivity index (χ1) is 15.2. The van der Waals surface area contributed by atoms with Gasteiger partial charge in [0.05, 0.1) is 25.6 Å². The van der Waals surface area contributed by atoms with Gasteiger partial charge in [-0.15, -0.1) is 0 Å². The van der Waals surface area contributed by atoms with Crippen LogP contribution in [0.15, 0.2) is 35.1 Å². The lowest BCUT2D eigenvalue weighted by molar-refractivity contribution is -0.115. The van der Waals surface area contributed by atoms with Crippen molar-refractivity contribution in [1.82, 2.24) is 9.55 Å². The molecule has 2 heterocycles. The molecule has 1 aliphatic rings. The summed E-state index contributed by atoms with van der Waals surface area (Å²) in [5.41, 5.74) is 6.01. The lowest BCUT2D eigenvalue weighted by Crippen LogP contribution is -2.33. The molecule has 32 heavy (non-hydrogen) atoms. The second-order valence-electron chi connectivity index (χ2n) is 8.15. The number of nitrogens with zero attached hydrogens (tertiary/aromatic N) is 3. The highest BCUT2D eigenvalue weighted by atomic mass is 16.5. The molecule has 0 saturated carbocycles. The van der Waals surface area contributed by atoms with Crippen molar-refractivity contribution in [3.63, 3.8) is 0 Å². The number of carbonyl (C=O) groups is 1. The number of hydrogen-bond acceptors (Lipinski definition) is 5. The number of amides is 1. The first kappa shape index (κ1) is 21.6. The van der Waals surface area contributed by atoms with Gasteiger partial charge < -0.3 is 9.47 Å². The molecule has 166 valence electrons. The van der Waals surface area contributed by atoms with Crippen molar-refractivity contribution in [2.45, 2.75) is 40.7 Å². The zero-order valence-electron chi connectivity index (χ0n) is 19.3. The van der Waals surface area contributed by atoms with Gasteiger partial charge in [-0.1, -0.05) is 17.7 Å². The highest BCUT2D eigenvalue weighted by molar-refractivity contribution is 6.00. The Labute approximate surface area is 187 Å². The Morgan fingerprint density at radius 1 is 1.00 bits per heavy atom. The molecule has 0 radical (unpaired) electrons. The van der Waals surface area contributed by atoms with E-state index in [1.807, 2.05) is 51.1 Å². The van der Waals surface area contributed by atoms with Crippen LogP contribution in [-0.4, -0.2) is 29.7 Å². The smallest absolute Gasteiger partial charge is 0.350 e. The third-order valence-corrected chi connectivity index (χ3v) is 5.89. The molecule has 0 aliphatic carbocycles. The lowest BCUT2D eigenvalue weighted by atomic mass is 9.96. The van der Waals surface area contributed by atoms with Gasteiger partial charge >= 0.3 is 5.69 Å². The molecular formula is C25H27N3O4. The molecular weight excluding hydrogens is 406 g/mol. The molecule has 0 N–H and O–H groups in total. The van der Waals surface area contributed by atoms with Crippen LogP contribution in [0, 0.1) is 20.8 Å². The summed E-state index contributed by atoms with van der Waals surface area (Å²) in [7, 11) is 3.18. The van der Waals surface area contributed by atoms with Crippen molar-refractivity contribution in [2.24, 2.45) is 0 Å². The molecule has 2 aromatic carbocycles. The van der Waals surface area contributed by atoms with Gasteiger partial charge in [0.25, 0.3) is 0 Å². The molecule has 1 aliphatic heterocycles. The number of aromatic nitrogens is 2. The maximum Gasteiger partial charge on any atom is 0.350 e. The van der Waals surface area contributed by atoms with Gasteiger partial charge in [0, 0.05) is 25.1 Å². The summed E-state index contributed by atoms with van der Waals surface area (Å²) in [4.78, 5) is 31.6. The number of carbonyl (C=O) groups excluding carboxylic acids is 1. The van der Waals surface area contributed by atoms with E-state index >= 15 is 0 Å². The normalized spacial score (nSPS) is 12.1. The summed E-state index contributed by atoms with van der Waals surface area (Å²) in [5, 5.41) is 0. The zero-order valence-corrected chi connectivity index (χ0v) is 19.3. The Morgan fingerprint density at radius 3 is 2.22 bits per heavy atom. The second kappa shape index (κ2) is 8.15. The van der Waals surface area contributed by atoms with Crippen LogP contribution in [-0.2, 0) is 17.8 Å². The molecule has 0 spiro atoms. The van der Waals surface area contributed by atoms with E-state index in [4.69, 9.17) is 9.47 Å². The number of methoxy groups -OCH3 is 2. The van der Waals surface area contributed by atoms with Crippen LogP contribution >= 0.6 is 0 Å². The van der Waals surface area contributed by atoms with Crippen LogP contribution in [0.4, 0.5) is 11.5 Å². The maximum atomic E-state index is 13.0. The number of aryl methyl sites for hydroxylation is 4. The molecule has 3 aromatic rings. The molecule has 7 nitrogen and oxygen atoms in total. The Bertz CT molecular complexity index is 1270. The van der Waals surface area contributed by atoms with Crippen molar-refractivity contribution in [2.75, 3.05) is 19.1 Å². The fraction of sp³-hybridized carbons (Fsp3) is 0.320. The quantitative estimate of drug-likeness (QED) is 0.620. The van der Waals surface area contributed by atoms with Crippen LogP contribution in [0.5, 0.6) is 11.5 Å². The fourth-order valence-corrected chi connectivity index (χ4v) is 4.60. The Balaban J connectivity index is 1.95. The topological polar surface area (TPSA) is 73.7 Å². The molecule has 1 amide bonds. The van der Waals surface area contributed by atoms with Gasteiger partial charge in [-0.25, -0.2) is 4.79 Å². The van der Waals surface area contributed by atoms with E-state index in [2.05, 4.69) is 4.98 Å². The van der Waals surface area contributed by atoms with E-state index in [1.54, 1.807) is 18.8 Å². The van der Waals surface area contributed by atoms with Crippen molar-refractivity contribution in [3.05, 3.63) is 63.1 Å². The Morgan fingerprint density at radius 2 is 1.62 bits per heavy atom. The lowest BCUT2D eigenvalue weighted by Gasteiger charge is -2.27. The van der Waals surface area contributed by atoms with E-state index in [0.717, 1.165) is 33.5 Å². The molecule has 0 fully saturated rings. The van der Waals surface area contributed by atoms with Gasteiger partial charge in [0.2, 0.25) is 5.91 Å². The number of anilines is 2. The third-order valence-electron chi connectivity index (χ3n) is 5.89. The number of benzene rings is 2. The van der Waals surface area contributed by atoms with Crippen LogP contribution in [0.25, 0.3) is 11.3 Å². The molecule has 4 rings (SSSR count). The van der Waals surface area contributed by atoms with E-state index in [-0.39, 0.29) is 11.6 Å². The number of hydrogen-bond donors (Lipinski definition) is 0. The predicted octanol–water partition coefficient (Wildman–Crippen LogP) is 4.09. The highest BCUT2D eigenvalue weighted by Gasteiger charge is 2.26. The molecule has 0 unspecified atom stereocenters. The van der Waals surface area contributed by atoms with Crippen LogP contribution in [0.1, 0.15) is 29.2 Å². The van der Waals surface area contributed by atoms with Crippen molar-refractivity contribution in [1.29, 1.82) is 0 Å². The average molecular weight is 434 g/mol. The predicted molar refractivity (Wildman–Crippen MR) is 124 cm³/mol. The zero-order chi connectivity index (χ0) is 23.2. The highest BCUT2D eigenvalue weighted by Crippen LogP contribution is 2.39. The summed E-state index contributed by atoms with van der Waals surface area (Å²) in [6.07, 6.45) is 0.677. The number of fused-ring (bicyclic) bond motifs is 3. The van der Waals surface area contributed by atoms with E-state index in [9.17, 15) is 9.59 Å². The Hall–Kier alpha value is -3.61. The van der Waals surface area contributed by atoms with E-state index in [1.165, 1.54) is 11.8 Å². The molecule has 0 bridgehead atoms. The standard InChI is InChI=1S/C25H27N3O4/c1-14-9-15(2)24(16(3)10-14)28(17(4)29)23-13-20-19-12-22(32-6)21(31-5)11-18(19)7-8-27(20)25(30)26-23/h9-13H,7-8H2,1-6H3. The minimum atomic E-state index is -0.383. The second-order valence-corrected chi connectivity index (χ2v) is 8.15. The minimum absolute atomic E-state index is 0.208. The third kappa shape index (κ3) is 3.53. The summed E-state index contributed by atoms with van der Waals surface area (Å²) < 4.78 is 12.6. The monoisotopic (exact) mass is 433 g/mol. The maximum absolute atomic E-state index is 13.0. The van der Waals surface area contributed by atoms with Gasteiger partial charge in [-0.3, -0.25) is 14.3 Å². The Kier molecular flexibility index (Phi) is 5.50. The summed E-state index contributed by atoms with van der Waals surface area (Å²) in [6, 6.07) is 9.68. The number of rotatable bonds is 4. The van der Waals surface area contributed by atoms with Crippen molar-refractivity contribution < 1.29 is 14.3 Å². The summed E-state index contributed by atoms with van der Waals surface area (Å²) >= 11 is 0. The van der Waals surface area contributed by atoms with Gasteiger partial charge in [-0.2, -0.15) is 4.98 Å². The number of ether oxygens (including phenoxy) is 2. The fourth-order valence-electron chi connectivity index (χ4n) is 4.60. The molecule has 0 saturated heterocycles. The molecule has 0 atom stereocenters. The van der Waals surface area contributed by atoms with Crippen LogP contribution in [0.2, 0.25) is 0 Å². The van der Waals surface area contributed by atoms with Crippen molar-refractivity contribution in [3.8, 4) is 22.8 Å². The summed E-state index contributed by atoms with van der Waals surface area (Å²) in [5.74, 6) is 1.33. The van der Waals surface area contributed by atoms with Crippen molar-refractivity contribution >= 4 is 17.4 Å². The van der Waals surface area contributed by atoms with Gasteiger partial charge in [0.15, 0.2) is 11.5 Å². The first-order valence-corrected chi connectivity index (χ1v) is 10.5. The largest absolute Gasteiger partial charge is 0.493 e. The average Bonchev–Trinajstić information content (AvgIpc) is 2.74. The van der Waals surface area contributed by atoms with E-state index in [0.29, 0.717) is 36.0 Å². The van der Waals surface area contributed by atoms with E-state index < -0.39 is 0 Å². The SMILES string of the molecule is COc1cc2c(cc1OC)-c1cc(N(C(C)=O)c3c(C)cc(C)cc3C)nc(=O)n1CC2. The molecule has 1 aromatic heterocycles. The molecule has 7 heteroatoms. The van der Waals surface area contributed by atoms with Crippen LogP contribution in [0.3, 0.4) is 0 Å². The van der Waals surface area contributed by atoms with Gasteiger partial charge in [0.1, 0.15) is 5.82 Å². The first-order valence-electron chi connectivity index (χ1n) is 10.5. The van der Waals surface area contributed by atoms with Crippen LogP contribution < -0.4 is 20.1 Å². The minimum Gasteiger partial charge on any atom is -0.493 e.